The molecule has 1 aromatic rings. The fraction of sp³-hybridized carbons (Fsp3) is 0.636. The van der Waals surface area contributed by atoms with Crippen LogP contribution in [0.4, 0.5) is 5.82 Å². The van der Waals surface area contributed by atoms with E-state index in [1.807, 2.05) is 0 Å². The Balaban J connectivity index is 2.77. The lowest BCUT2D eigenvalue weighted by molar-refractivity contribution is 0.396. The molecular weight excluding hydrogens is 204 g/mol. The molecule has 0 bridgehead atoms. The third-order valence-corrected chi connectivity index (χ3v) is 2.76. The Kier molecular flexibility index (Phi) is 4.49. The summed E-state index contributed by atoms with van der Waals surface area (Å²) in [6.07, 6.45) is 3.37. The van der Waals surface area contributed by atoms with Crippen LogP contribution in [0.1, 0.15) is 26.7 Å². The fourth-order valence-corrected chi connectivity index (χ4v) is 1.47. The number of hydrogen-bond donors (Lipinski definition) is 2. The van der Waals surface area contributed by atoms with Crippen molar-refractivity contribution in [2.75, 3.05) is 19.0 Å². The summed E-state index contributed by atoms with van der Waals surface area (Å²) in [6, 6.07) is 1.78. The van der Waals surface area contributed by atoms with Gasteiger partial charge >= 0.3 is 0 Å². The summed E-state index contributed by atoms with van der Waals surface area (Å²) in [6.45, 7) is 4.91. The van der Waals surface area contributed by atoms with Crippen LogP contribution < -0.4 is 15.8 Å². The maximum atomic E-state index is 5.60. The first-order chi connectivity index (χ1) is 7.63. The van der Waals surface area contributed by atoms with Crippen molar-refractivity contribution in [3.63, 3.8) is 0 Å². The number of methoxy groups -OCH3 is 1. The average Bonchev–Trinajstić information content (AvgIpc) is 2.29. The second-order valence-corrected chi connectivity index (χ2v) is 4.02. The SMILES string of the molecule is CCC(C)(CCN)Nc1cc(OC)ncn1. The van der Waals surface area contributed by atoms with Crippen LogP contribution in [0, 0.1) is 0 Å². The first-order valence-corrected chi connectivity index (χ1v) is 5.48. The van der Waals surface area contributed by atoms with Gasteiger partial charge in [0.1, 0.15) is 12.1 Å². The Morgan fingerprint density at radius 2 is 2.25 bits per heavy atom. The largest absolute Gasteiger partial charge is 0.481 e. The van der Waals surface area contributed by atoms with Crippen LogP contribution in [0.3, 0.4) is 0 Å². The van der Waals surface area contributed by atoms with Gasteiger partial charge in [-0.15, -0.1) is 0 Å². The van der Waals surface area contributed by atoms with Gasteiger partial charge in [0.15, 0.2) is 0 Å². The molecule has 5 nitrogen and oxygen atoms in total. The van der Waals surface area contributed by atoms with E-state index in [0.717, 1.165) is 18.7 Å². The van der Waals surface area contributed by atoms with Crippen LogP contribution in [-0.4, -0.2) is 29.2 Å². The zero-order valence-corrected chi connectivity index (χ0v) is 10.2. The van der Waals surface area contributed by atoms with Gasteiger partial charge in [-0.05, 0) is 26.3 Å². The summed E-state index contributed by atoms with van der Waals surface area (Å²) >= 11 is 0. The number of aromatic nitrogens is 2. The van der Waals surface area contributed by atoms with Crippen molar-refractivity contribution in [3.8, 4) is 5.88 Å². The first-order valence-electron chi connectivity index (χ1n) is 5.48. The maximum absolute atomic E-state index is 5.60. The van der Waals surface area contributed by atoms with Gasteiger partial charge in [0.2, 0.25) is 5.88 Å². The van der Waals surface area contributed by atoms with Crippen LogP contribution in [0.2, 0.25) is 0 Å². The molecule has 0 aromatic carbocycles. The van der Waals surface area contributed by atoms with E-state index < -0.39 is 0 Å². The molecule has 0 spiro atoms. The number of nitrogens with two attached hydrogens (primary N) is 1. The van der Waals surface area contributed by atoms with Gasteiger partial charge in [-0.2, -0.15) is 0 Å². The lowest BCUT2D eigenvalue weighted by Crippen LogP contribution is -2.36. The first kappa shape index (κ1) is 12.7. The number of hydrogen-bond acceptors (Lipinski definition) is 5. The molecule has 0 fully saturated rings. The van der Waals surface area contributed by atoms with Crippen molar-refractivity contribution in [2.24, 2.45) is 5.73 Å². The second-order valence-electron chi connectivity index (χ2n) is 4.02. The summed E-state index contributed by atoms with van der Waals surface area (Å²) in [4.78, 5) is 8.12. The Morgan fingerprint density at radius 3 is 2.81 bits per heavy atom. The predicted octanol–water partition coefficient (Wildman–Crippen LogP) is 1.41. The van der Waals surface area contributed by atoms with Crippen molar-refractivity contribution in [2.45, 2.75) is 32.2 Å². The Bertz CT molecular complexity index is 332. The van der Waals surface area contributed by atoms with Gasteiger partial charge in [-0.1, -0.05) is 6.92 Å². The lowest BCUT2D eigenvalue weighted by Gasteiger charge is -2.29. The molecule has 0 radical (unpaired) electrons. The van der Waals surface area contributed by atoms with E-state index in [9.17, 15) is 0 Å². The van der Waals surface area contributed by atoms with Gasteiger partial charge < -0.3 is 15.8 Å². The smallest absolute Gasteiger partial charge is 0.218 e. The molecule has 1 unspecified atom stereocenters. The summed E-state index contributed by atoms with van der Waals surface area (Å²) in [5.41, 5.74) is 5.57. The van der Waals surface area contributed by atoms with E-state index in [0.29, 0.717) is 12.4 Å². The molecule has 0 saturated carbocycles. The molecule has 0 amide bonds. The molecule has 3 N–H and O–H groups in total. The molecule has 0 aliphatic rings. The Hall–Kier alpha value is -1.36. The summed E-state index contributed by atoms with van der Waals surface area (Å²) < 4.78 is 5.05. The summed E-state index contributed by atoms with van der Waals surface area (Å²) in [5, 5.41) is 3.37. The van der Waals surface area contributed by atoms with Crippen LogP contribution >= 0.6 is 0 Å². The minimum Gasteiger partial charge on any atom is -0.481 e. The normalized spacial score (nSPS) is 14.2. The predicted molar refractivity (Wildman–Crippen MR) is 64.6 cm³/mol. The van der Waals surface area contributed by atoms with Crippen LogP contribution in [0.5, 0.6) is 5.88 Å². The standard InChI is InChI=1S/C11H20N4O/c1-4-11(2,5-6-12)15-9-7-10(16-3)14-8-13-9/h7-8H,4-6,12H2,1-3H3,(H,13,14,15). The third-order valence-electron chi connectivity index (χ3n) is 2.76. The molecule has 16 heavy (non-hydrogen) atoms. The van der Waals surface area contributed by atoms with Crippen LogP contribution in [0.15, 0.2) is 12.4 Å². The minimum atomic E-state index is -0.0336. The van der Waals surface area contributed by atoms with Gasteiger partial charge in [-0.3, -0.25) is 0 Å². The van der Waals surface area contributed by atoms with Gasteiger partial charge in [0.05, 0.1) is 7.11 Å². The van der Waals surface area contributed by atoms with Crippen molar-refractivity contribution in [1.82, 2.24) is 9.97 Å². The fourth-order valence-electron chi connectivity index (χ4n) is 1.47. The molecule has 1 rings (SSSR count). The topological polar surface area (TPSA) is 73.1 Å². The highest BCUT2D eigenvalue weighted by atomic mass is 16.5. The van der Waals surface area contributed by atoms with E-state index in [2.05, 4.69) is 29.1 Å². The van der Waals surface area contributed by atoms with Crippen LogP contribution in [0.25, 0.3) is 0 Å². The summed E-state index contributed by atoms with van der Waals surface area (Å²) in [5.74, 6) is 1.33. The molecule has 1 atom stereocenters. The van der Waals surface area contributed by atoms with Crippen molar-refractivity contribution in [3.05, 3.63) is 12.4 Å². The maximum Gasteiger partial charge on any atom is 0.218 e. The quantitative estimate of drug-likeness (QED) is 0.764. The third kappa shape index (κ3) is 3.34. The van der Waals surface area contributed by atoms with E-state index in [4.69, 9.17) is 10.5 Å². The Labute approximate surface area is 96.4 Å². The van der Waals surface area contributed by atoms with E-state index in [1.54, 1.807) is 13.2 Å². The number of rotatable bonds is 6. The highest BCUT2D eigenvalue weighted by Crippen LogP contribution is 2.21. The van der Waals surface area contributed by atoms with E-state index in [1.165, 1.54) is 6.33 Å². The number of nitrogens with one attached hydrogen (secondary N) is 1. The van der Waals surface area contributed by atoms with Gasteiger partial charge in [0, 0.05) is 11.6 Å². The molecule has 0 saturated heterocycles. The van der Waals surface area contributed by atoms with Crippen molar-refractivity contribution in [1.29, 1.82) is 0 Å². The molecule has 0 aliphatic carbocycles. The van der Waals surface area contributed by atoms with Crippen molar-refractivity contribution < 1.29 is 4.74 Å². The summed E-state index contributed by atoms with van der Waals surface area (Å²) in [7, 11) is 1.59. The van der Waals surface area contributed by atoms with Crippen LogP contribution in [-0.2, 0) is 0 Å². The minimum absolute atomic E-state index is 0.0336. The highest BCUT2D eigenvalue weighted by Gasteiger charge is 2.21. The van der Waals surface area contributed by atoms with Gasteiger partial charge in [0.25, 0.3) is 0 Å². The second kappa shape index (κ2) is 5.65. The number of nitrogens with zero attached hydrogens (tertiary/aromatic N) is 2. The molecule has 90 valence electrons. The highest BCUT2D eigenvalue weighted by molar-refractivity contribution is 5.39. The zero-order chi connectivity index (χ0) is 12.0. The van der Waals surface area contributed by atoms with Crippen molar-refractivity contribution >= 4 is 5.82 Å². The van der Waals surface area contributed by atoms with E-state index >= 15 is 0 Å². The molecule has 1 heterocycles. The lowest BCUT2D eigenvalue weighted by atomic mass is 9.94. The number of ether oxygens (including phenoxy) is 1. The molecule has 5 heteroatoms. The van der Waals surface area contributed by atoms with Gasteiger partial charge in [-0.25, -0.2) is 9.97 Å². The van der Waals surface area contributed by atoms with E-state index in [-0.39, 0.29) is 5.54 Å². The monoisotopic (exact) mass is 224 g/mol. The molecular formula is C11H20N4O. The zero-order valence-electron chi connectivity index (χ0n) is 10.2. The molecule has 0 aliphatic heterocycles. The number of anilines is 1. The molecule has 1 aromatic heterocycles. The average molecular weight is 224 g/mol. The Morgan fingerprint density at radius 1 is 1.50 bits per heavy atom.